The van der Waals surface area contributed by atoms with E-state index in [1.54, 1.807) is 0 Å². The zero-order chi connectivity index (χ0) is 9.02. The van der Waals surface area contributed by atoms with Crippen LogP contribution in [-0.2, 0) is 0 Å². The lowest BCUT2D eigenvalue weighted by atomic mass is 9.65. The second kappa shape index (κ2) is 4.80. The van der Waals surface area contributed by atoms with E-state index in [0.717, 1.165) is 0 Å². The summed E-state index contributed by atoms with van der Waals surface area (Å²) in [5, 5.41) is 3.43. The van der Waals surface area contributed by atoms with Gasteiger partial charge in [-0.25, -0.2) is 0 Å². The van der Waals surface area contributed by atoms with Crippen molar-refractivity contribution < 1.29 is 0 Å². The average molecular weight is 155 g/mol. The second-order valence-electron chi connectivity index (χ2n) is 3.45. The zero-order valence-corrected chi connectivity index (χ0v) is 8.55. The average Bonchev–Trinajstić information content (AvgIpc) is 1.87. The molecule has 0 aromatic heterocycles. The summed E-state index contributed by atoms with van der Waals surface area (Å²) in [4.78, 5) is 4.31. The smallest absolute Gasteiger partial charge is 0.294 e. The van der Waals surface area contributed by atoms with E-state index >= 15 is 0 Å². The van der Waals surface area contributed by atoms with Gasteiger partial charge in [0.15, 0.2) is 0 Å². The molecule has 64 valence electrons. The van der Waals surface area contributed by atoms with Crippen molar-refractivity contribution in [2.24, 2.45) is 0 Å². The van der Waals surface area contributed by atoms with Crippen LogP contribution in [0.15, 0.2) is 0 Å². The number of hydrogen-bond donors (Lipinski definition) is 1. The van der Waals surface area contributed by atoms with Gasteiger partial charge in [0.05, 0.1) is 0 Å². The van der Waals surface area contributed by atoms with Crippen LogP contribution in [0.25, 0.3) is 0 Å². The standard InChI is InChI=1S/C6H19B2N3/c1-7(10(3)4)9-8(2)11(5)6/h9H,1-6H3. The molecule has 1 N–H and O–H groups in total. The Labute approximate surface area is 71.4 Å². The third-order valence-electron chi connectivity index (χ3n) is 2.03. The Kier molecular flexibility index (Phi) is 4.81. The van der Waals surface area contributed by atoms with Crippen LogP contribution in [-0.4, -0.2) is 51.8 Å². The highest BCUT2D eigenvalue weighted by Gasteiger charge is 2.17. The Hall–Kier alpha value is 0.00987. The maximum atomic E-state index is 3.43. The summed E-state index contributed by atoms with van der Waals surface area (Å²) >= 11 is 0. The van der Waals surface area contributed by atoms with Crippen LogP contribution in [0.1, 0.15) is 0 Å². The van der Waals surface area contributed by atoms with E-state index in [4.69, 9.17) is 0 Å². The molecule has 0 aliphatic heterocycles. The normalized spacial score (nSPS) is 10.9. The second-order valence-corrected chi connectivity index (χ2v) is 3.45. The maximum Gasteiger partial charge on any atom is 0.294 e. The topological polar surface area (TPSA) is 18.5 Å². The predicted molar refractivity (Wildman–Crippen MR) is 53.7 cm³/mol. The highest BCUT2D eigenvalue weighted by atomic mass is 15.1. The van der Waals surface area contributed by atoms with E-state index in [2.05, 4.69) is 56.6 Å². The van der Waals surface area contributed by atoms with Crippen LogP contribution < -0.4 is 5.14 Å². The zero-order valence-electron chi connectivity index (χ0n) is 8.55. The monoisotopic (exact) mass is 155 g/mol. The molecule has 0 amide bonds. The van der Waals surface area contributed by atoms with Gasteiger partial charge in [0.1, 0.15) is 0 Å². The van der Waals surface area contributed by atoms with Gasteiger partial charge in [-0.1, -0.05) is 13.6 Å². The van der Waals surface area contributed by atoms with E-state index < -0.39 is 0 Å². The fraction of sp³-hybridized carbons (Fsp3) is 1.00. The minimum atomic E-state index is 0.424. The van der Waals surface area contributed by atoms with E-state index in [1.165, 1.54) is 0 Å². The molecule has 0 atom stereocenters. The molecule has 0 saturated carbocycles. The van der Waals surface area contributed by atoms with Gasteiger partial charge in [0.25, 0.3) is 14.0 Å². The van der Waals surface area contributed by atoms with E-state index in [9.17, 15) is 0 Å². The van der Waals surface area contributed by atoms with Crippen LogP contribution in [0.2, 0.25) is 13.6 Å². The molecule has 0 saturated heterocycles. The molecule has 0 aliphatic rings. The Bertz CT molecular complexity index is 96.0. The molecule has 0 aliphatic carbocycles. The molecular formula is C6H19B2N3. The summed E-state index contributed by atoms with van der Waals surface area (Å²) in [5.74, 6) is 0. The minimum Gasteiger partial charge on any atom is -0.370 e. The molecule has 0 spiro atoms. The molecule has 0 fully saturated rings. The molecule has 0 aromatic rings. The molecule has 0 heterocycles. The van der Waals surface area contributed by atoms with Crippen molar-refractivity contribution in [1.82, 2.24) is 14.8 Å². The van der Waals surface area contributed by atoms with E-state index in [1.807, 2.05) is 0 Å². The molecule has 0 unspecified atom stereocenters. The highest BCUT2D eigenvalue weighted by Crippen LogP contribution is 1.86. The number of hydrogen-bond acceptors (Lipinski definition) is 3. The van der Waals surface area contributed by atoms with Gasteiger partial charge in [-0.2, -0.15) is 0 Å². The molecule has 0 aromatic carbocycles. The molecular weight excluding hydrogens is 136 g/mol. The molecule has 0 rings (SSSR count). The SMILES string of the molecule is CB(NB(C)N(C)C)N(C)C. The lowest BCUT2D eigenvalue weighted by Crippen LogP contribution is -2.55. The number of rotatable bonds is 4. The number of nitrogens with one attached hydrogen (secondary N) is 1. The highest BCUT2D eigenvalue weighted by molar-refractivity contribution is 6.68. The van der Waals surface area contributed by atoms with Crippen molar-refractivity contribution >= 4 is 14.0 Å². The van der Waals surface area contributed by atoms with Crippen molar-refractivity contribution in [3.63, 3.8) is 0 Å². The lowest BCUT2D eigenvalue weighted by Gasteiger charge is -2.24. The molecule has 11 heavy (non-hydrogen) atoms. The maximum absolute atomic E-state index is 3.43. The van der Waals surface area contributed by atoms with Crippen molar-refractivity contribution in [1.29, 1.82) is 0 Å². The van der Waals surface area contributed by atoms with E-state index in [-0.39, 0.29) is 0 Å². The summed E-state index contributed by atoms with van der Waals surface area (Å²) < 4.78 is 0. The Morgan fingerprint density at radius 1 is 0.818 bits per heavy atom. The van der Waals surface area contributed by atoms with E-state index in [0.29, 0.717) is 14.0 Å². The lowest BCUT2D eigenvalue weighted by molar-refractivity contribution is 0.611. The van der Waals surface area contributed by atoms with Gasteiger partial charge in [0, 0.05) is 0 Å². The minimum absolute atomic E-state index is 0.424. The quantitative estimate of drug-likeness (QED) is 0.573. The fourth-order valence-corrected chi connectivity index (χ4v) is 0.647. The third kappa shape index (κ3) is 4.45. The summed E-state index contributed by atoms with van der Waals surface area (Å²) in [5.41, 5.74) is 0. The van der Waals surface area contributed by atoms with Gasteiger partial charge < -0.3 is 14.8 Å². The van der Waals surface area contributed by atoms with Crippen LogP contribution in [0.4, 0.5) is 0 Å². The Balaban J connectivity index is 3.66. The first-order valence-corrected chi connectivity index (χ1v) is 4.04. The third-order valence-corrected chi connectivity index (χ3v) is 2.03. The van der Waals surface area contributed by atoms with Crippen LogP contribution in [0.5, 0.6) is 0 Å². The Morgan fingerprint density at radius 2 is 1.09 bits per heavy atom. The molecule has 5 heteroatoms. The summed E-state index contributed by atoms with van der Waals surface area (Å²) in [6.07, 6.45) is 0. The van der Waals surface area contributed by atoms with Crippen molar-refractivity contribution in [3.05, 3.63) is 0 Å². The first kappa shape index (κ1) is 11.0. The van der Waals surface area contributed by atoms with Crippen molar-refractivity contribution in [3.8, 4) is 0 Å². The first-order valence-electron chi connectivity index (χ1n) is 4.04. The summed E-state index contributed by atoms with van der Waals surface area (Å²) in [7, 11) is 8.28. The Morgan fingerprint density at radius 3 is 1.27 bits per heavy atom. The van der Waals surface area contributed by atoms with Gasteiger partial charge in [0.2, 0.25) is 0 Å². The summed E-state index contributed by atoms with van der Waals surface area (Å²) in [6.45, 7) is 5.15. The largest absolute Gasteiger partial charge is 0.370 e. The van der Waals surface area contributed by atoms with Crippen LogP contribution in [0.3, 0.4) is 0 Å². The van der Waals surface area contributed by atoms with Gasteiger partial charge in [-0.15, -0.1) is 0 Å². The van der Waals surface area contributed by atoms with Crippen molar-refractivity contribution in [2.75, 3.05) is 28.2 Å². The molecule has 0 radical (unpaired) electrons. The molecule has 3 nitrogen and oxygen atoms in total. The van der Waals surface area contributed by atoms with Crippen molar-refractivity contribution in [2.45, 2.75) is 13.6 Å². The van der Waals surface area contributed by atoms with Gasteiger partial charge >= 0.3 is 0 Å². The molecule has 0 bridgehead atoms. The van der Waals surface area contributed by atoms with Crippen LogP contribution in [0, 0.1) is 0 Å². The summed E-state index contributed by atoms with van der Waals surface area (Å²) in [6, 6.07) is 0. The van der Waals surface area contributed by atoms with Gasteiger partial charge in [-0.05, 0) is 28.2 Å². The predicted octanol–water partition coefficient (Wildman–Crippen LogP) is -0.0648. The fourth-order valence-electron chi connectivity index (χ4n) is 0.647. The number of nitrogens with zero attached hydrogens (tertiary/aromatic N) is 2. The van der Waals surface area contributed by atoms with Gasteiger partial charge in [-0.3, -0.25) is 0 Å². The van der Waals surface area contributed by atoms with Crippen LogP contribution >= 0.6 is 0 Å². The first-order chi connectivity index (χ1) is 4.95.